The fourth-order valence-corrected chi connectivity index (χ4v) is 1.09. The second kappa shape index (κ2) is 6.66. The molecular formula is C11H17NO4. The Balaban J connectivity index is 5.11. The number of methoxy groups -OCH3 is 2. The highest BCUT2D eigenvalue weighted by Crippen LogP contribution is 2.06. The first-order valence-electron chi connectivity index (χ1n) is 4.65. The minimum absolute atomic E-state index is 0.124. The molecule has 0 aliphatic heterocycles. The summed E-state index contributed by atoms with van der Waals surface area (Å²) in [5.74, 6) is -1.42. The second-order valence-electron chi connectivity index (χ2n) is 3.38. The Labute approximate surface area is 95.3 Å². The third kappa shape index (κ3) is 4.63. The zero-order valence-corrected chi connectivity index (χ0v) is 10.2. The van der Waals surface area contributed by atoms with E-state index in [4.69, 9.17) is 0 Å². The molecule has 0 amide bonds. The molecule has 0 aromatic heterocycles. The summed E-state index contributed by atoms with van der Waals surface area (Å²) in [5, 5.41) is 0. The van der Waals surface area contributed by atoms with E-state index < -0.39 is 11.9 Å². The smallest absolute Gasteiger partial charge is 0.345 e. The number of hydrogen-bond donors (Lipinski definition) is 0. The van der Waals surface area contributed by atoms with Crippen LogP contribution < -0.4 is 0 Å². The monoisotopic (exact) mass is 227 g/mol. The topological polar surface area (TPSA) is 55.8 Å². The van der Waals surface area contributed by atoms with E-state index >= 15 is 0 Å². The SMILES string of the molecule is COC(=O)C(=C/C(C)=C/N(C)C)C(=O)OC. The zero-order chi connectivity index (χ0) is 12.7. The van der Waals surface area contributed by atoms with Gasteiger partial charge >= 0.3 is 11.9 Å². The number of ether oxygens (including phenoxy) is 2. The number of carbonyl (C=O) groups is 2. The van der Waals surface area contributed by atoms with E-state index in [2.05, 4.69) is 9.47 Å². The van der Waals surface area contributed by atoms with Crippen molar-refractivity contribution in [1.29, 1.82) is 0 Å². The van der Waals surface area contributed by atoms with Gasteiger partial charge in [0.15, 0.2) is 0 Å². The van der Waals surface area contributed by atoms with Crippen molar-refractivity contribution in [2.75, 3.05) is 28.3 Å². The Bertz CT molecular complexity index is 311. The fourth-order valence-electron chi connectivity index (χ4n) is 1.09. The summed E-state index contributed by atoms with van der Waals surface area (Å²) >= 11 is 0. The van der Waals surface area contributed by atoms with Crippen LogP contribution in [0.25, 0.3) is 0 Å². The molecular weight excluding hydrogens is 210 g/mol. The van der Waals surface area contributed by atoms with E-state index in [0.717, 1.165) is 5.57 Å². The average molecular weight is 227 g/mol. The molecule has 0 saturated heterocycles. The van der Waals surface area contributed by atoms with Crippen LogP contribution in [0.4, 0.5) is 0 Å². The Hall–Kier alpha value is -1.78. The van der Waals surface area contributed by atoms with Crippen molar-refractivity contribution in [2.45, 2.75) is 6.92 Å². The van der Waals surface area contributed by atoms with Gasteiger partial charge in [0.05, 0.1) is 14.2 Å². The number of carbonyl (C=O) groups excluding carboxylic acids is 2. The van der Waals surface area contributed by atoms with Crippen LogP contribution in [0.5, 0.6) is 0 Å². The van der Waals surface area contributed by atoms with Crippen molar-refractivity contribution in [3.63, 3.8) is 0 Å². The van der Waals surface area contributed by atoms with E-state index in [9.17, 15) is 9.59 Å². The standard InChI is InChI=1S/C11H17NO4/c1-8(7-12(2)3)6-9(10(13)15-4)11(14)16-5/h6-7H,1-5H3/b8-7+. The average Bonchev–Trinajstić information content (AvgIpc) is 2.22. The summed E-state index contributed by atoms with van der Waals surface area (Å²) < 4.78 is 8.98. The van der Waals surface area contributed by atoms with Crippen molar-refractivity contribution >= 4 is 11.9 Å². The molecule has 0 saturated carbocycles. The molecule has 0 spiro atoms. The number of nitrogens with zero attached hydrogens (tertiary/aromatic N) is 1. The van der Waals surface area contributed by atoms with Gasteiger partial charge in [0.25, 0.3) is 0 Å². The van der Waals surface area contributed by atoms with Gasteiger partial charge in [-0.05, 0) is 18.6 Å². The first-order chi connectivity index (χ1) is 7.42. The van der Waals surface area contributed by atoms with Crippen molar-refractivity contribution < 1.29 is 19.1 Å². The van der Waals surface area contributed by atoms with Gasteiger partial charge in [-0.2, -0.15) is 0 Å². The molecule has 0 rings (SSSR count). The first-order valence-corrected chi connectivity index (χ1v) is 4.65. The van der Waals surface area contributed by atoms with Crippen LogP contribution in [0.1, 0.15) is 6.92 Å². The van der Waals surface area contributed by atoms with Gasteiger partial charge in [0.1, 0.15) is 5.57 Å². The third-order valence-electron chi connectivity index (χ3n) is 1.64. The molecule has 90 valence electrons. The maximum absolute atomic E-state index is 11.3. The predicted octanol–water partition coefficient (Wildman–Crippen LogP) is 0.724. The highest BCUT2D eigenvalue weighted by atomic mass is 16.5. The molecule has 5 nitrogen and oxygen atoms in total. The maximum atomic E-state index is 11.3. The summed E-state index contributed by atoms with van der Waals surface area (Å²) in [4.78, 5) is 24.4. The minimum atomic E-state index is -0.710. The van der Waals surface area contributed by atoms with Crippen LogP contribution in [-0.4, -0.2) is 45.2 Å². The van der Waals surface area contributed by atoms with Crippen LogP contribution >= 0.6 is 0 Å². The molecule has 0 aliphatic rings. The van der Waals surface area contributed by atoms with Crippen molar-refractivity contribution in [3.8, 4) is 0 Å². The summed E-state index contributed by atoms with van der Waals surface area (Å²) in [5.41, 5.74) is 0.622. The fraction of sp³-hybridized carbons (Fsp3) is 0.455. The largest absolute Gasteiger partial charge is 0.465 e. The summed E-state index contributed by atoms with van der Waals surface area (Å²) in [7, 11) is 6.11. The Morgan fingerprint density at radius 1 is 1.06 bits per heavy atom. The second-order valence-corrected chi connectivity index (χ2v) is 3.38. The quantitative estimate of drug-likeness (QED) is 0.233. The number of allylic oxidation sites excluding steroid dienone is 2. The molecule has 0 aromatic carbocycles. The lowest BCUT2D eigenvalue weighted by Gasteiger charge is -2.07. The normalized spacial score (nSPS) is 10.4. The van der Waals surface area contributed by atoms with Crippen LogP contribution in [-0.2, 0) is 19.1 Å². The van der Waals surface area contributed by atoms with Gasteiger partial charge < -0.3 is 14.4 Å². The number of esters is 2. The Morgan fingerprint density at radius 3 is 1.81 bits per heavy atom. The zero-order valence-electron chi connectivity index (χ0n) is 10.2. The van der Waals surface area contributed by atoms with Crippen molar-refractivity contribution in [1.82, 2.24) is 4.90 Å². The van der Waals surface area contributed by atoms with Crippen molar-refractivity contribution in [3.05, 3.63) is 23.4 Å². The maximum Gasteiger partial charge on any atom is 0.345 e. The number of rotatable bonds is 4. The molecule has 0 N–H and O–H groups in total. The first kappa shape index (κ1) is 14.2. The molecule has 16 heavy (non-hydrogen) atoms. The highest BCUT2D eigenvalue weighted by molar-refractivity contribution is 6.14. The van der Waals surface area contributed by atoms with E-state index in [1.807, 2.05) is 14.1 Å². The van der Waals surface area contributed by atoms with E-state index in [1.165, 1.54) is 20.3 Å². The van der Waals surface area contributed by atoms with E-state index in [1.54, 1.807) is 18.0 Å². The van der Waals surface area contributed by atoms with Crippen molar-refractivity contribution in [2.24, 2.45) is 0 Å². The van der Waals surface area contributed by atoms with Gasteiger partial charge in [0, 0.05) is 20.3 Å². The lowest BCUT2D eigenvalue weighted by atomic mass is 10.2. The predicted molar refractivity (Wildman–Crippen MR) is 59.6 cm³/mol. The van der Waals surface area contributed by atoms with Crippen LogP contribution in [0.2, 0.25) is 0 Å². The molecule has 0 unspecified atom stereocenters. The Kier molecular flexibility index (Phi) is 5.92. The van der Waals surface area contributed by atoms with Crippen LogP contribution in [0.15, 0.2) is 23.4 Å². The van der Waals surface area contributed by atoms with Crippen LogP contribution in [0.3, 0.4) is 0 Å². The molecule has 0 heterocycles. The lowest BCUT2D eigenvalue weighted by molar-refractivity contribution is -0.144. The Morgan fingerprint density at radius 2 is 1.50 bits per heavy atom. The molecule has 0 bridgehead atoms. The molecule has 0 atom stereocenters. The molecule has 5 heteroatoms. The lowest BCUT2D eigenvalue weighted by Crippen LogP contribution is -2.16. The highest BCUT2D eigenvalue weighted by Gasteiger charge is 2.19. The van der Waals surface area contributed by atoms with E-state index in [0.29, 0.717) is 0 Å². The van der Waals surface area contributed by atoms with Gasteiger partial charge in [0.2, 0.25) is 0 Å². The summed E-state index contributed by atoms with van der Waals surface area (Å²) in [6.45, 7) is 1.77. The van der Waals surface area contributed by atoms with E-state index in [-0.39, 0.29) is 5.57 Å². The molecule has 0 aliphatic carbocycles. The van der Waals surface area contributed by atoms with Gasteiger partial charge in [-0.25, -0.2) is 9.59 Å². The number of hydrogen-bond acceptors (Lipinski definition) is 5. The molecule has 0 radical (unpaired) electrons. The minimum Gasteiger partial charge on any atom is -0.465 e. The van der Waals surface area contributed by atoms with Gasteiger partial charge in [-0.15, -0.1) is 0 Å². The summed E-state index contributed by atoms with van der Waals surface area (Å²) in [6.07, 6.45) is 3.20. The molecule has 0 fully saturated rings. The van der Waals surface area contributed by atoms with Gasteiger partial charge in [-0.1, -0.05) is 0 Å². The van der Waals surface area contributed by atoms with Gasteiger partial charge in [-0.3, -0.25) is 0 Å². The molecule has 0 aromatic rings. The van der Waals surface area contributed by atoms with Crippen LogP contribution in [0, 0.1) is 0 Å². The third-order valence-corrected chi connectivity index (χ3v) is 1.64. The summed E-state index contributed by atoms with van der Waals surface area (Å²) in [6, 6.07) is 0.